The van der Waals surface area contributed by atoms with E-state index in [0.717, 1.165) is 35.3 Å². The van der Waals surface area contributed by atoms with Crippen molar-refractivity contribution in [2.24, 2.45) is 0 Å². The third-order valence-electron chi connectivity index (χ3n) is 5.64. The first-order valence-electron chi connectivity index (χ1n) is 9.78. The fourth-order valence-electron chi connectivity index (χ4n) is 4.39. The maximum absolute atomic E-state index is 12.8. The van der Waals surface area contributed by atoms with Gasteiger partial charge in [0.05, 0.1) is 0 Å². The monoisotopic (exact) mass is 437 g/mol. The Kier molecular flexibility index (Phi) is 8.32. The normalized spacial score (nSPS) is 22.2. The van der Waals surface area contributed by atoms with Gasteiger partial charge >= 0.3 is 0 Å². The van der Waals surface area contributed by atoms with Crippen molar-refractivity contribution in [2.45, 2.75) is 64.3 Å². The van der Waals surface area contributed by atoms with Crippen molar-refractivity contribution in [3.63, 3.8) is 0 Å². The number of hydrogen-bond donors (Lipinski definition) is 2. The van der Waals surface area contributed by atoms with Gasteiger partial charge in [0.25, 0.3) is 5.91 Å². The van der Waals surface area contributed by atoms with Gasteiger partial charge in [-0.1, -0.05) is 6.07 Å². The van der Waals surface area contributed by atoms with Crippen LogP contribution in [0.15, 0.2) is 36.7 Å². The van der Waals surface area contributed by atoms with E-state index in [1.807, 2.05) is 38.1 Å². The highest BCUT2D eigenvalue weighted by atomic mass is 35.5. The molecule has 1 aromatic heterocycles. The number of aryl methyl sites for hydroxylation is 2. The predicted octanol–water partition coefficient (Wildman–Crippen LogP) is 4.13. The molecule has 2 atom stereocenters. The smallest absolute Gasteiger partial charge is 0.251 e. The lowest BCUT2D eigenvalue weighted by molar-refractivity contribution is 0.0923. The van der Waals surface area contributed by atoms with E-state index in [-0.39, 0.29) is 36.8 Å². The van der Waals surface area contributed by atoms with Crippen molar-refractivity contribution in [3.05, 3.63) is 58.9 Å². The number of amides is 1. The van der Waals surface area contributed by atoms with Gasteiger partial charge in [-0.3, -0.25) is 9.78 Å². The van der Waals surface area contributed by atoms with Crippen LogP contribution in [0.4, 0.5) is 0 Å². The van der Waals surface area contributed by atoms with Crippen LogP contribution in [0.3, 0.4) is 0 Å². The van der Waals surface area contributed by atoms with Gasteiger partial charge in [0.15, 0.2) is 0 Å². The first-order chi connectivity index (χ1) is 13.1. The highest BCUT2D eigenvalue weighted by Gasteiger charge is 2.34. The molecule has 2 bridgehead atoms. The molecule has 7 heteroatoms. The molecule has 1 amide bonds. The molecule has 0 saturated carbocycles. The molecule has 0 radical (unpaired) electrons. The molecule has 2 aromatic rings. The Bertz CT molecular complexity index is 797. The quantitative estimate of drug-likeness (QED) is 0.737. The summed E-state index contributed by atoms with van der Waals surface area (Å²) in [6, 6.07) is 9.16. The first-order valence-corrected chi connectivity index (χ1v) is 9.78. The third kappa shape index (κ3) is 5.62. The molecule has 29 heavy (non-hydrogen) atoms. The third-order valence-corrected chi connectivity index (χ3v) is 5.64. The van der Waals surface area contributed by atoms with Crippen molar-refractivity contribution in [3.8, 4) is 5.75 Å². The molecule has 0 spiro atoms. The molecule has 4 rings (SSSR count). The molecule has 1 aromatic carbocycles. The number of halogens is 2. The number of aromatic nitrogens is 1. The number of carbonyl (C=O) groups is 1. The molecule has 2 saturated heterocycles. The number of ether oxygens (including phenoxy) is 1. The molecule has 2 N–H and O–H groups in total. The van der Waals surface area contributed by atoms with Gasteiger partial charge in [-0.2, -0.15) is 0 Å². The number of piperidine rings is 1. The zero-order valence-electron chi connectivity index (χ0n) is 16.8. The summed E-state index contributed by atoms with van der Waals surface area (Å²) in [5.41, 5.74) is 3.70. The van der Waals surface area contributed by atoms with Gasteiger partial charge in [0.1, 0.15) is 12.4 Å². The first kappa shape index (κ1) is 23.5. The number of rotatable bonds is 5. The molecular formula is C22H29Cl2N3O2. The topological polar surface area (TPSA) is 63.2 Å². The van der Waals surface area contributed by atoms with Crippen LogP contribution in [0.25, 0.3) is 0 Å². The van der Waals surface area contributed by atoms with E-state index in [9.17, 15) is 4.79 Å². The molecule has 5 nitrogen and oxygen atoms in total. The molecule has 2 unspecified atom stereocenters. The summed E-state index contributed by atoms with van der Waals surface area (Å²) in [7, 11) is 0. The van der Waals surface area contributed by atoms with Crippen LogP contribution in [0.1, 0.15) is 52.7 Å². The second-order valence-electron chi connectivity index (χ2n) is 7.87. The number of nitrogens with zero attached hydrogens (tertiary/aromatic N) is 1. The van der Waals surface area contributed by atoms with Gasteiger partial charge in [-0.05, 0) is 68.9 Å². The average Bonchev–Trinajstić information content (AvgIpc) is 3.00. The van der Waals surface area contributed by atoms with Gasteiger partial charge in [0.2, 0.25) is 0 Å². The summed E-state index contributed by atoms with van der Waals surface area (Å²) in [6.07, 6.45) is 8.09. The fraction of sp³-hybridized carbons (Fsp3) is 0.455. The zero-order chi connectivity index (χ0) is 18.8. The van der Waals surface area contributed by atoms with E-state index in [1.54, 1.807) is 12.4 Å². The van der Waals surface area contributed by atoms with Crippen molar-refractivity contribution in [1.82, 2.24) is 15.6 Å². The van der Waals surface area contributed by atoms with Gasteiger partial charge in [0, 0.05) is 41.6 Å². The highest BCUT2D eigenvalue weighted by Crippen LogP contribution is 2.28. The summed E-state index contributed by atoms with van der Waals surface area (Å²) >= 11 is 0. The van der Waals surface area contributed by atoms with Crippen LogP contribution in [-0.4, -0.2) is 29.0 Å². The van der Waals surface area contributed by atoms with E-state index in [0.29, 0.717) is 24.3 Å². The van der Waals surface area contributed by atoms with Gasteiger partial charge in [-0.15, -0.1) is 24.8 Å². The molecular weight excluding hydrogens is 409 g/mol. The van der Waals surface area contributed by atoms with Crippen molar-refractivity contribution in [2.75, 3.05) is 0 Å². The average molecular weight is 438 g/mol. The summed E-state index contributed by atoms with van der Waals surface area (Å²) in [6.45, 7) is 4.46. The summed E-state index contributed by atoms with van der Waals surface area (Å²) in [4.78, 5) is 16.9. The van der Waals surface area contributed by atoms with Crippen LogP contribution in [-0.2, 0) is 6.61 Å². The van der Waals surface area contributed by atoms with Gasteiger partial charge in [-0.25, -0.2) is 0 Å². The number of nitrogens with one attached hydrogen (secondary N) is 2. The standard InChI is InChI=1S/C22H27N3O2.2ClH/c1-14-8-17(22(26)25-20-10-18-5-6-19(11-20)24-18)9-15(2)21(14)27-13-16-4-3-7-23-12-16;;/h3-4,7-9,12,18-20,24H,5-6,10-11,13H2,1-2H3,(H,25,26);2*1H. The highest BCUT2D eigenvalue weighted by molar-refractivity contribution is 5.95. The van der Waals surface area contributed by atoms with Crippen LogP contribution in [0.5, 0.6) is 5.75 Å². The van der Waals surface area contributed by atoms with Crippen LogP contribution in [0.2, 0.25) is 0 Å². The van der Waals surface area contributed by atoms with E-state index in [1.165, 1.54) is 12.8 Å². The lowest BCUT2D eigenvalue weighted by Crippen LogP contribution is -2.48. The SMILES string of the molecule is Cc1cc(C(=O)NC2CC3CCC(C2)N3)cc(C)c1OCc1cccnc1.Cl.Cl. The molecule has 2 aliphatic heterocycles. The number of pyridine rings is 1. The van der Waals surface area contributed by atoms with Crippen molar-refractivity contribution in [1.29, 1.82) is 0 Å². The Morgan fingerprint density at radius 2 is 1.83 bits per heavy atom. The molecule has 0 aliphatic carbocycles. The molecule has 2 aliphatic rings. The van der Waals surface area contributed by atoms with Crippen LogP contribution in [0, 0.1) is 13.8 Å². The zero-order valence-corrected chi connectivity index (χ0v) is 18.4. The lowest BCUT2D eigenvalue weighted by atomic mass is 9.99. The number of fused-ring (bicyclic) bond motifs is 2. The number of carbonyl (C=O) groups excluding carboxylic acids is 1. The second kappa shape index (κ2) is 10.3. The Labute approximate surface area is 184 Å². The molecule has 3 heterocycles. The summed E-state index contributed by atoms with van der Waals surface area (Å²) in [5.74, 6) is 0.863. The van der Waals surface area contributed by atoms with E-state index in [2.05, 4.69) is 15.6 Å². The Morgan fingerprint density at radius 3 is 2.41 bits per heavy atom. The van der Waals surface area contributed by atoms with Crippen LogP contribution >= 0.6 is 24.8 Å². The maximum atomic E-state index is 12.8. The van der Waals surface area contributed by atoms with Gasteiger partial charge < -0.3 is 15.4 Å². The lowest BCUT2D eigenvalue weighted by Gasteiger charge is -2.29. The predicted molar refractivity (Wildman–Crippen MR) is 119 cm³/mol. The Hall–Kier alpha value is -1.82. The molecule has 158 valence electrons. The van der Waals surface area contributed by atoms with Crippen LogP contribution < -0.4 is 15.4 Å². The number of hydrogen-bond acceptors (Lipinski definition) is 4. The minimum atomic E-state index is 0. The minimum absolute atomic E-state index is 0. The number of benzene rings is 1. The van der Waals surface area contributed by atoms with E-state index in [4.69, 9.17) is 4.74 Å². The Balaban J connectivity index is 0.00000150. The van der Waals surface area contributed by atoms with Crippen molar-refractivity contribution < 1.29 is 9.53 Å². The minimum Gasteiger partial charge on any atom is -0.488 e. The van der Waals surface area contributed by atoms with E-state index >= 15 is 0 Å². The fourth-order valence-corrected chi connectivity index (χ4v) is 4.39. The Morgan fingerprint density at radius 1 is 1.17 bits per heavy atom. The summed E-state index contributed by atoms with van der Waals surface area (Å²) < 4.78 is 5.99. The van der Waals surface area contributed by atoms with E-state index < -0.39 is 0 Å². The second-order valence-corrected chi connectivity index (χ2v) is 7.87. The van der Waals surface area contributed by atoms with Crippen molar-refractivity contribution >= 4 is 30.7 Å². The largest absolute Gasteiger partial charge is 0.488 e. The molecule has 2 fully saturated rings. The maximum Gasteiger partial charge on any atom is 0.251 e. The summed E-state index contributed by atoms with van der Waals surface area (Å²) in [5, 5.41) is 6.85.